The Morgan fingerprint density at radius 1 is 1.03 bits per heavy atom. The van der Waals surface area contributed by atoms with Crippen LogP contribution in [-0.2, 0) is 26.2 Å². The summed E-state index contributed by atoms with van der Waals surface area (Å²) in [7, 11) is -1.86. The zero-order valence-electron chi connectivity index (χ0n) is 17.4. The van der Waals surface area contributed by atoms with E-state index in [9.17, 15) is 13.2 Å². The molecule has 7 heteroatoms. The van der Waals surface area contributed by atoms with Crippen molar-refractivity contribution < 1.29 is 17.9 Å². The Morgan fingerprint density at radius 3 is 2.37 bits per heavy atom. The van der Waals surface area contributed by atoms with E-state index in [1.165, 1.54) is 10.7 Å². The monoisotopic (exact) mass is 430 g/mol. The van der Waals surface area contributed by atoms with E-state index in [1.807, 2.05) is 30.3 Å². The van der Waals surface area contributed by atoms with Crippen LogP contribution in [0.2, 0.25) is 0 Å². The molecule has 2 aromatic rings. The van der Waals surface area contributed by atoms with E-state index >= 15 is 0 Å². The fourth-order valence-corrected chi connectivity index (χ4v) is 5.09. The van der Waals surface area contributed by atoms with Gasteiger partial charge in [0.15, 0.2) is 0 Å². The maximum Gasteiger partial charge on any atom is 0.243 e. The average Bonchev–Trinajstić information content (AvgIpc) is 2.78. The van der Waals surface area contributed by atoms with Gasteiger partial charge in [-0.15, -0.1) is 0 Å². The van der Waals surface area contributed by atoms with Crippen molar-refractivity contribution in [3.05, 3.63) is 60.2 Å². The smallest absolute Gasteiger partial charge is 0.243 e. The summed E-state index contributed by atoms with van der Waals surface area (Å²) < 4.78 is 32.8. The molecule has 1 fully saturated rings. The van der Waals surface area contributed by atoms with E-state index in [-0.39, 0.29) is 23.3 Å². The summed E-state index contributed by atoms with van der Waals surface area (Å²) in [5.74, 6) is -0.169. The lowest BCUT2D eigenvalue weighted by Crippen LogP contribution is -2.38. The molecule has 1 aliphatic rings. The molecule has 0 bridgehead atoms. The van der Waals surface area contributed by atoms with Crippen LogP contribution in [0.4, 0.5) is 5.69 Å². The third-order valence-corrected chi connectivity index (χ3v) is 7.41. The summed E-state index contributed by atoms with van der Waals surface area (Å²) in [6, 6.07) is 16.2. The van der Waals surface area contributed by atoms with Crippen molar-refractivity contribution >= 4 is 21.6 Å². The molecule has 0 aliphatic heterocycles. The molecule has 2 aromatic carbocycles. The van der Waals surface area contributed by atoms with Gasteiger partial charge in [0.2, 0.25) is 15.9 Å². The molecule has 1 N–H and O–H groups in total. The van der Waals surface area contributed by atoms with Crippen LogP contribution in [0, 0.1) is 0 Å². The second-order valence-electron chi connectivity index (χ2n) is 7.67. The number of benzene rings is 2. The number of amides is 1. The normalized spacial score (nSPS) is 15.3. The zero-order valence-corrected chi connectivity index (χ0v) is 18.2. The van der Waals surface area contributed by atoms with Crippen LogP contribution in [-0.4, -0.2) is 38.3 Å². The molecule has 0 atom stereocenters. The third kappa shape index (κ3) is 6.14. The number of nitrogens with one attached hydrogen (secondary N) is 1. The quantitative estimate of drug-likeness (QED) is 0.606. The van der Waals surface area contributed by atoms with Gasteiger partial charge in [0.25, 0.3) is 0 Å². The van der Waals surface area contributed by atoms with Crippen molar-refractivity contribution in [2.45, 2.75) is 56.1 Å². The molecule has 0 heterocycles. The highest BCUT2D eigenvalue weighted by Crippen LogP contribution is 2.27. The first kappa shape index (κ1) is 22.5. The minimum atomic E-state index is -3.53. The second-order valence-corrected chi connectivity index (χ2v) is 9.67. The first-order valence-electron chi connectivity index (χ1n) is 10.5. The van der Waals surface area contributed by atoms with Gasteiger partial charge in [0.1, 0.15) is 0 Å². The summed E-state index contributed by atoms with van der Waals surface area (Å²) in [5.41, 5.74) is 1.63. The van der Waals surface area contributed by atoms with Gasteiger partial charge >= 0.3 is 0 Å². The van der Waals surface area contributed by atoms with Crippen LogP contribution in [0.3, 0.4) is 0 Å². The number of rotatable bonds is 9. The van der Waals surface area contributed by atoms with Gasteiger partial charge in [-0.3, -0.25) is 4.79 Å². The molecule has 0 saturated heterocycles. The van der Waals surface area contributed by atoms with Gasteiger partial charge in [-0.05, 0) is 42.7 Å². The number of carbonyl (C=O) groups excluding carboxylic acids is 1. The summed E-state index contributed by atoms with van der Waals surface area (Å²) in [6.07, 6.45) is 5.38. The number of sulfonamides is 1. The number of anilines is 1. The van der Waals surface area contributed by atoms with E-state index < -0.39 is 10.0 Å². The van der Waals surface area contributed by atoms with E-state index in [4.69, 9.17) is 4.74 Å². The summed E-state index contributed by atoms with van der Waals surface area (Å²) >= 11 is 0. The fourth-order valence-electron chi connectivity index (χ4n) is 3.67. The molecular weight excluding hydrogens is 400 g/mol. The van der Waals surface area contributed by atoms with Gasteiger partial charge in [-0.2, -0.15) is 4.31 Å². The highest BCUT2D eigenvalue weighted by molar-refractivity contribution is 7.89. The molecule has 0 radical (unpaired) electrons. The van der Waals surface area contributed by atoms with Crippen molar-refractivity contribution in [1.82, 2.24) is 4.31 Å². The van der Waals surface area contributed by atoms with E-state index in [2.05, 4.69) is 5.32 Å². The molecule has 1 saturated carbocycles. The Labute approximate surface area is 179 Å². The number of hydrogen-bond donors (Lipinski definition) is 1. The second kappa shape index (κ2) is 10.7. The van der Waals surface area contributed by atoms with Gasteiger partial charge < -0.3 is 10.1 Å². The Hall–Kier alpha value is -2.22. The van der Waals surface area contributed by atoms with Crippen LogP contribution >= 0.6 is 0 Å². The molecule has 30 heavy (non-hydrogen) atoms. The maximum atomic E-state index is 12.9. The Morgan fingerprint density at radius 2 is 1.70 bits per heavy atom. The maximum absolute atomic E-state index is 12.9. The number of ether oxygens (including phenoxy) is 1. The summed E-state index contributed by atoms with van der Waals surface area (Å²) in [5, 5.41) is 2.78. The highest BCUT2D eigenvalue weighted by Gasteiger charge is 2.28. The Balaban J connectivity index is 1.48. The van der Waals surface area contributed by atoms with Gasteiger partial charge in [-0.25, -0.2) is 8.42 Å². The molecule has 0 unspecified atom stereocenters. The molecule has 162 valence electrons. The number of nitrogens with zero attached hydrogens (tertiary/aromatic N) is 1. The lowest BCUT2D eigenvalue weighted by Gasteiger charge is -2.30. The molecular formula is C23H30N2O4S. The highest BCUT2D eigenvalue weighted by atomic mass is 32.2. The lowest BCUT2D eigenvalue weighted by molar-refractivity contribution is -0.117. The van der Waals surface area contributed by atoms with Crippen LogP contribution in [0.1, 0.15) is 44.1 Å². The van der Waals surface area contributed by atoms with Crippen LogP contribution in [0.25, 0.3) is 0 Å². The molecule has 6 nitrogen and oxygen atoms in total. The molecule has 1 amide bonds. The van der Waals surface area contributed by atoms with Crippen LogP contribution in [0.15, 0.2) is 59.5 Å². The zero-order chi connectivity index (χ0) is 21.4. The fraction of sp³-hybridized carbons (Fsp3) is 0.435. The van der Waals surface area contributed by atoms with Gasteiger partial charge in [0, 0.05) is 18.8 Å². The first-order chi connectivity index (χ1) is 14.5. The standard InChI is InChI=1S/C23H30N2O4S/c1-25(21-10-6-3-7-11-21)30(27,28)22-14-12-20(13-15-22)24-23(26)16-17-29-18-19-8-4-2-5-9-19/h2,4-5,8-9,12-15,21H,3,6-7,10-11,16-18H2,1H3,(H,24,26). The predicted octanol–water partition coefficient (Wildman–Crippen LogP) is 4.19. The number of hydrogen-bond acceptors (Lipinski definition) is 4. The minimum Gasteiger partial charge on any atom is -0.376 e. The Kier molecular flexibility index (Phi) is 8.01. The molecule has 0 aromatic heterocycles. The number of carbonyl (C=O) groups is 1. The first-order valence-corrected chi connectivity index (χ1v) is 11.9. The summed E-state index contributed by atoms with van der Waals surface area (Å²) in [4.78, 5) is 12.4. The van der Waals surface area contributed by atoms with E-state index in [0.717, 1.165) is 31.2 Å². The van der Waals surface area contributed by atoms with Gasteiger partial charge in [0.05, 0.1) is 24.5 Å². The van der Waals surface area contributed by atoms with E-state index in [0.29, 0.717) is 18.9 Å². The molecule has 0 spiro atoms. The predicted molar refractivity (Wildman–Crippen MR) is 118 cm³/mol. The minimum absolute atomic E-state index is 0.0685. The molecule has 3 rings (SSSR count). The van der Waals surface area contributed by atoms with Gasteiger partial charge in [-0.1, -0.05) is 49.6 Å². The summed E-state index contributed by atoms with van der Waals surface area (Å²) in [6.45, 7) is 0.786. The van der Waals surface area contributed by atoms with Crippen LogP contribution in [0.5, 0.6) is 0 Å². The van der Waals surface area contributed by atoms with Crippen molar-refractivity contribution in [3.8, 4) is 0 Å². The third-order valence-electron chi connectivity index (χ3n) is 5.49. The lowest BCUT2D eigenvalue weighted by atomic mass is 9.96. The largest absolute Gasteiger partial charge is 0.376 e. The Bertz CT molecular complexity index is 908. The van der Waals surface area contributed by atoms with Crippen molar-refractivity contribution in [1.29, 1.82) is 0 Å². The average molecular weight is 431 g/mol. The van der Waals surface area contributed by atoms with E-state index in [1.54, 1.807) is 31.3 Å². The van der Waals surface area contributed by atoms with Crippen molar-refractivity contribution in [2.75, 3.05) is 19.0 Å². The van der Waals surface area contributed by atoms with Crippen molar-refractivity contribution in [3.63, 3.8) is 0 Å². The van der Waals surface area contributed by atoms with Crippen LogP contribution < -0.4 is 5.32 Å². The van der Waals surface area contributed by atoms with Crippen molar-refractivity contribution in [2.24, 2.45) is 0 Å². The SMILES string of the molecule is CN(C1CCCCC1)S(=O)(=O)c1ccc(NC(=O)CCOCc2ccccc2)cc1. The molecule has 1 aliphatic carbocycles. The topological polar surface area (TPSA) is 75.7 Å².